The molecule has 3 N–H and O–H groups in total. The highest BCUT2D eigenvalue weighted by molar-refractivity contribution is 8.00. The minimum absolute atomic E-state index is 0.0501. The van der Waals surface area contributed by atoms with E-state index in [-0.39, 0.29) is 27.8 Å². The van der Waals surface area contributed by atoms with Gasteiger partial charge in [0.05, 0.1) is 21.9 Å². The Morgan fingerprint density at radius 1 is 0.903 bits per heavy atom. The Morgan fingerprint density at radius 3 is 2.26 bits per heavy atom. The lowest BCUT2D eigenvalue weighted by Crippen LogP contribution is -2.14. The molecule has 0 fully saturated rings. The van der Waals surface area contributed by atoms with Gasteiger partial charge >= 0.3 is 5.97 Å². The third-order valence-electron chi connectivity index (χ3n) is 4.08. The Morgan fingerprint density at radius 2 is 1.58 bits per heavy atom. The molecule has 0 radical (unpaired) electrons. The molecule has 6 nitrogen and oxygen atoms in total. The van der Waals surface area contributed by atoms with Crippen molar-refractivity contribution in [3.8, 4) is 0 Å². The highest BCUT2D eigenvalue weighted by atomic mass is 35.5. The van der Waals surface area contributed by atoms with E-state index in [1.54, 1.807) is 30.3 Å². The van der Waals surface area contributed by atoms with E-state index in [9.17, 15) is 18.8 Å². The van der Waals surface area contributed by atoms with Crippen LogP contribution in [0.25, 0.3) is 0 Å². The standard InChI is InChI=1S/C22H16ClFN2O4S/c23-18-10-7-14(11-17(18)22(29)30)25-20(27)12-31-15-8-5-13(6-9-15)26-21(28)16-3-1-2-4-19(16)24/h1-11H,12H2,(H,25,27)(H,26,28)(H,29,30). The van der Waals surface area contributed by atoms with Gasteiger partial charge in [-0.3, -0.25) is 9.59 Å². The molecule has 0 atom stereocenters. The van der Waals surface area contributed by atoms with Crippen LogP contribution >= 0.6 is 23.4 Å². The molecule has 0 aromatic heterocycles. The predicted molar refractivity (Wildman–Crippen MR) is 119 cm³/mol. The highest BCUT2D eigenvalue weighted by Crippen LogP contribution is 2.23. The van der Waals surface area contributed by atoms with Gasteiger partial charge in [0.15, 0.2) is 0 Å². The molecule has 3 rings (SSSR count). The van der Waals surface area contributed by atoms with Crippen LogP contribution in [0.4, 0.5) is 15.8 Å². The molecular formula is C22H16ClFN2O4S. The van der Waals surface area contributed by atoms with Crippen molar-refractivity contribution in [2.24, 2.45) is 0 Å². The van der Waals surface area contributed by atoms with Gasteiger partial charge in [-0.1, -0.05) is 23.7 Å². The van der Waals surface area contributed by atoms with Crippen molar-refractivity contribution in [3.63, 3.8) is 0 Å². The minimum Gasteiger partial charge on any atom is -0.478 e. The molecule has 2 amide bonds. The number of thioether (sulfide) groups is 1. The largest absolute Gasteiger partial charge is 0.478 e. The Balaban J connectivity index is 1.54. The van der Waals surface area contributed by atoms with E-state index in [4.69, 9.17) is 16.7 Å². The lowest BCUT2D eigenvalue weighted by Gasteiger charge is -2.08. The zero-order valence-electron chi connectivity index (χ0n) is 15.9. The molecule has 0 saturated carbocycles. The molecule has 31 heavy (non-hydrogen) atoms. The molecule has 0 aliphatic heterocycles. The lowest BCUT2D eigenvalue weighted by molar-refractivity contribution is -0.113. The Kier molecular flexibility index (Phi) is 7.28. The van der Waals surface area contributed by atoms with Gasteiger partial charge < -0.3 is 15.7 Å². The van der Waals surface area contributed by atoms with Crippen molar-refractivity contribution >= 4 is 52.5 Å². The number of rotatable bonds is 7. The average Bonchev–Trinajstić information content (AvgIpc) is 2.74. The first-order valence-electron chi connectivity index (χ1n) is 8.95. The fourth-order valence-electron chi connectivity index (χ4n) is 2.59. The first kappa shape index (κ1) is 22.3. The first-order valence-corrected chi connectivity index (χ1v) is 10.3. The number of amides is 2. The van der Waals surface area contributed by atoms with Gasteiger partial charge in [-0.15, -0.1) is 11.8 Å². The Bertz CT molecular complexity index is 1140. The van der Waals surface area contributed by atoms with Crippen LogP contribution in [0.5, 0.6) is 0 Å². The van der Waals surface area contributed by atoms with Crippen molar-refractivity contribution in [2.75, 3.05) is 16.4 Å². The number of aromatic carboxylic acids is 1. The van der Waals surface area contributed by atoms with Crippen molar-refractivity contribution < 1.29 is 23.9 Å². The molecule has 158 valence electrons. The molecule has 3 aromatic rings. The summed E-state index contributed by atoms with van der Waals surface area (Å²) in [5.41, 5.74) is 0.675. The number of halogens is 2. The summed E-state index contributed by atoms with van der Waals surface area (Å²) in [6.07, 6.45) is 0. The van der Waals surface area contributed by atoms with Gasteiger partial charge in [-0.05, 0) is 54.6 Å². The zero-order chi connectivity index (χ0) is 22.4. The normalized spacial score (nSPS) is 10.4. The van der Waals surface area contributed by atoms with Crippen LogP contribution < -0.4 is 10.6 Å². The van der Waals surface area contributed by atoms with Crippen molar-refractivity contribution in [3.05, 3.63) is 88.7 Å². The van der Waals surface area contributed by atoms with Gasteiger partial charge in [-0.25, -0.2) is 9.18 Å². The average molecular weight is 459 g/mol. The second-order valence-corrected chi connectivity index (χ2v) is 7.75. The quantitative estimate of drug-likeness (QED) is 0.425. The highest BCUT2D eigenvalue weighted by Gasteiger charge is 2.12. The molecule has 0 saturated heterocycles. The molecule has 0 bridgehead atoms. The molecule has 0 aliphatic rings. The van der Waals surface area contributed by atoms with Crippen LogP contribution in [0.15, 0.2) is 71.6 Å². The minimum atomic E-state index is -1.18. The van der Waals surface area contributed by atoms with E-state index in [1.807, 2.05) is 0 Å². The maximum Gasteiger partial charge on any atom is 0.337 e. The fourth-order valence-corrected chi connectivity index (χ4v) is 3.49. The van der Waals surface area contributed by atoms with Crippen LogP contribution in [0.2, 0.25) is 5.02 Å². The summed E-state index contributed by atoms with van der Waals surface area (Å²) in [7, 11) is 0. The Hall–Kier alpha value is -3.36. The van der Waals surface area contributed by atoms with Crippen LogP contribution in [-0.4, -0.2) is 28.6 Å². The molecule has 0 aliphatic carbocycles. The second kappa shape index (κ2) is 10.1. The number of carbonyl (C=O) groups is 3. The van der Waals surface area contributed by atoms with Crippen LogP contribution in [0.1, 0.15) is 20.7 Å². The summed E-state index contributed by atoms with van der Waals surface area (Å²) in [6, 6.07) is 16.7. The van der Waals surface area contributed by atoms with E-state index in [1.165, 1.54) is 48.2 Å². The Labute approximate surface area is 186 Å². The smallest absolute Gasteiger partial charge is 0.337 e. The third kappa shape index (κ3) is 6.07. The molecule has 0 spiro atoms. The monoisotopic (exact) mass is 458 g/mol. The van der Waals surface area contributed by atoms with E-state index in [0.29, 0.717) is 11.4 Å². The number of hydrogen-bond donors (Lipinski definition) is 3. The number of carboxylic acids is 1. The molecule has 9 heteroatoms. The number of carboxylic acid groups (broad SMARTS) is 1. The molecule has 3 aromatic carbocycles. The van der Waals surface area contributed by atoms with E-state index in [2.05, 4.69) is 10.6 Å². The van der Waals surface area contributed by atoms with Gasteiger partial charge in [0.2, 0.25) is 5.91 Å². The second-order valence-electron chi connectivity index (χ2n) is 6.29. The third-order valence-corrected chi connectivity index (χ3v) is 5.42. The summed E-state index contributed by atoms with van der Waals surface area (Å²) < 4.78 is 13.7. The SMILES string of the molecule is O=C(CSc1ccc(NC(=O)c2ccccc2F)cc1)Nc1ccc(Cl)c(C(=O)O)c1. The number of benzene rings is 3. The maximum atomic E-state index is 13.7. The zero-order valence-corrected chi connectivity index (χ0v) is 17.5. The van der Waals surface area contributed by atoms with Crippen LogP contribution in [-0.2, 0) is 4.79 Å². The van der Waals surface area contributed by atoms with Gasteiger partial charge in [0, 0.05) is 16.3 Å². The van der Waals surface area contributed by atoms with Crippen LogP contribution in [0.3, 0.4) is 0 Å². The summed E-state index contributed by atoms with van der Waals surface area (Å²) >= 11 is 7.07. The summed E-state index contributed by atoms with van der Waals surface area (Å²) in [5.74, 6) is -2.57. The summed E-state index contributed by atoms with van der Waals surface area (Å²) in [5, 5.41) is 14.4. The van der Waals surface area contributed by atoms with Crippen molar-refractivity contribution in [2.45, 2.75) is 4.90 Å². The molecule has 0 unspecified atom stereocenters. The maximum absolute atomic E-state index is 13.7. The fraction of sp³-hybridized carbons (Fsp3) is 0.0455. The van der Waals surface area contributed by atoms with Crippen molar-refractivity contribution in [1.82, 2.24) is 0 Å². The number of nitrogens with one attached hydrogen (secondary N) is 2. The predicted octanol–water partition coefficient (Wildman–Crippen LogP) is 5.16. The topological polar surface area (TPSA) is 95.5 Å². The van der Waals surface area contributed by atoms with E-state index in [0.717, 1.165) is 4.90 Å². The lowest BCUT2D eigenvalue weighted by atomic mass is 10.2. The van der Waals surface area contributed by atoms with Crippen LogP contribution in [0, 0.1) is 5.82 Å². The molecular weight excluding hydrogens is 443 g/mol. The number of hydrogen-bond acceptors (Lipinski definition) is 4. The molecule has 0 heterocycles. The van der Waals surface area contributed by atoms with E-state index >= 15 is 0 Å². The van der Waals surface area contributed by atoms with Gasteiger partial charge in [-0.2, -0.15) is 0 Å². The first-order chi connectivity index (χ1) is 14.8. The van der Waals surface area contributed by atoms with E-state index < -0.39 is 17.7 Å². The summed E-state index contributed by atoms with van der Waals surface area (Å²) in [6.45, 7) is 0. The number of anilines is 2. The van der Waals surface area contributed by atoms with Gasteiger partial charge in [0.25, 0.3) is 5.91 Å². The number of carbonyl (C=O) groups excluding carboxylic acids is 2. The van der Waals surface area contributed by atoms with Gasteiger partial charge in [0.1, 0.15) is 5.82 Å². The van der Waals surface area contributed by atoms with Crippen molar-refractivity contribution in [1.29, 1.82) is 0 Å². The summed E-state index contributed by atoms with van der Waals surface area (Å²) in [4.78, 5) is 36.2.